The number of nitrogens with one attached hydrogen (secondary N) is 2. The van der Waals surface area contributed by atoms with Crippen molar-refractivity contribution in [3.8, 4) is 0 Å². The number of piperidine rings is 1. The van der Waals surface area contributed by atoms with Crippen LogP contribution >= 0.6 is 24.0 Å². The summed E-state index contributed by atoms with van der Waals surface area (Å²) in [6.45, 7) is 9.52. The Balaban J connectivity index is 0.00000300. The molecule has 2 fully saturated rings. The van der Waals surface area contributed by atoms with E-state index in [9.17, 15) is 0 Å². The van der Waals surface area contributed by atoms with Crippen molar-refractivity contribution in [1.82, 2.24) is 25.1 Å². The number of hydrogen-bond donors (Lipinski definition) is 2. The van der Waals surface area contributed by atoms with Gasteiger partial charge in [-0.25, -0.2) is 4.98 Å². The SMILES string of the molecule is CCNC(=NCCCCn1ccnc1C)NC1CCN(C2CCCCC2)CC1.I. The largest absolute Gasteiger partial charge is 0.357 e. The summed E-state index contributed by atoms with van der Waals surface area (Å²) in [7, 11) is 0. The zero-order valence-electron chi connectivity index (χ0n) is 18.4. The monoisotopic (exact) mass is 516 g/mol. The molecular formula is C22H41IN6. The second-order valence-corrected chi connectivity index (χ2v) is 8.38. The second kappa shape index (κ2) is 13.5. The Morgan fingerprint density at radius 1 is 1.14 bits per heavy atom. The van der Waals surface area contributed by atoms with Gasteiger partial charge in [0.05, 0.1) is 0 Å². The maximum Gasteiger partial charge on any atom is 0.191 e. The normalized spacial score (nSPS) is 19.7. The molecule has 1 aromatic heterocycles. The number of halogens is 1. The van der Waals surface area contributed by atoms with E-state index in [1.54, 1.807) is 0 Å². The Bertz CT molecular complexity index is 588. The number of nitrogens with zero attached hydrogens (tertiary/aromatic N) is 4. The minimum atomic E-state index is 0. The summed E-state index contributed by atoms with van der Waals surface area (Å²) in [4.78, 5) is 11.8. The number of imidazole rings is 1. The predicted octanol–water partition coefficient (Wildman–Crippen LogP) is 3.94. The van der Waals surface area contributed by atoms with Gasteiger partial charge in [0.15, 0.2) is 5.96 Å². The molecule has 1 aliphatic heterocycles. The molecule has 0 amide bonds. The number of guanidine groups is 1. The van der Waals surface area contributed by atoms with Gasteiger partial charge in [-0.1, -0.05) is 19.3 Å². The third-order valence-corrected chi connectivity index (χ3v) is 6.31. The lowest BCUT2D eigenvalue weighted by molar-refractivity contribution is 0.119. The van der Waals surface area contributed by atoms with Crippen LogP contribution in [0.5, 0.6) is 0 Å². The van der Waals surface area contributed by atoms with E-state index >= 15 is 0 Å². The van der Waals surface area contributed by atoms with Crippen LogP contribution in [0.15, 0.2) is 17.4 Å². The molecule has 0 radical (unpaired) electrons. The van der Waals surface area contributed by atoms with E-state index in [2.05, 4.69) is 45.1 Å². The number of likely N-dealkylation sites (tertiary alicyclic amines) is 1. The van der Waals surface area contributed by atoms with Gasteiger partial charge >= 0.3 is 0 Å². The van der Waals surface area contributed by atoms with Crippen LogP contribution in [-0.2, 0) is 6.54 Å². The first-order chi connectivity index (χ1) is 13.8. The second-order valence-electron chi connectivity index (χ2n) is 8.38. The molecule has 2 N–H and O–H groups in total. The van der Waals surface area contributed by atoms with E-state index in [1.807, 2.05) is 6.20 Å². The van der Waals surface area contributed by atoms with Gasteiger partial charge in [0.2, 0.25) is 0 Å². The third-order valence-electron chi connectivity index (χ3n) is 6.31. The Morgan fingerprint density at radius 2 is 1.90 bits per heavy atom. The molecule has 6 nitrogen and oxygen atoms in total. The van der Waals surface area contributed by atoms with Gasteiger partial charge in [-0.3, -0.25) is 4.99 Å². The van der Waals surface area contributed by atoms with Crippen LogP contribution < -0.4 is 10.6 Å². The Morgan fingerprint density at radius 3 is 2.55 bits per heavy atom. The minimum absolute atomic E-state index is 0. The summed E-state index contributed by atoms with van der Waals surface area (Å²) < 4.78 is 2.22. The number of aryl methyl sites for hydroxylation is 2. The lowest BCUT2D eigenvalue weighted by Crippen LogP contribution is -2.51. The van der Waals surface area contributed by atoms with Gasteiger partial charge in [-0.2, -0.15) is 0 Å². The fourth-order valence-electron chi connectivity index (χ4n) is 4.59. The number of aliphatic imine (C=N–C) groups is 1. The van der Waals surface area contributed by atoms with Crippen LogP contribution in [0.3, 0.4) is 0 Å². The molecule has 0 aromatic carbocycles. The van der Waals surface area contributed by atoms with Crippen LogP contribution in [-0.4, -0.2) is 58.7 Å². The molecule has 0 bridgehead atoms. The first-order valence-electron chi connectivity index (χ1n) is 11.5. The zero-order chi connectivity index (χ0) is 19.6. The first kappa shape index (κ1) is 24.4. The Hall–Kier alpha value is -0.830. The molecule has 29 heavy (non-hydrogen) atoms. The van der Waals surface area contributed by atoms with E-state index in [-0.39, 0.29) is 24.0 Å². The molecule has 3 rings (SSSR count). The van der Waals surface area contributed by atoms with Crippen LogP contribution in [0.1, 0.15) is 70.5 Å². The van der Waals surface area contributed by atoms with E-state index < -0.39 is 0 Å². The molecule has 0 spiro atoms. The van der Waals surface area contributed by atoms with E-state index in [4.69, 9.17) is 4.99 Å². The summed E-state index contributed by atoms with van der Waals surface area (Å²) in [5.41, 5.74) is 0. The van der Waals surface area contributed by atoms with Crippen LogP contribution in [0, 0.1) is 6.92 Å². The van der Waals surface area contributed by atoms with Crippen LogP contribution in [0.2, 0.25) is 0 Å². The quantitative estimate of drug-likeness (QED) is 0.238. The topological polar surface area (TPSA) is 57.5 Å². The summed E-state index contributed by atoms with van der Waals surface area (Å²) in [6.07, 6.45) is 15.8. The van der Waals surface area contributed by atoms with E-state index in [0.29, 0.717) is 6.04 Å². The molecule has 0 atom stereocenters. The predicted molar refractivity (Wildman–Crippen MR) is 132 cm³/mol. The average Bonchev–Trinajstić information content (AvgIpc) is 3.14. The number of unbranched alkanes of at least 4 members (excludes halogenated alkanes) is 1. The highest BCUT2D eigenvalue weighted by atomic mass is 127. The summed E-state index contributed by atoms with van der Waals surface area (Å²) >= 11 is 0. The molecule has 0 unspecified atom stereocenters. The van der Waals surface area contributed by atoms with Gasteiger partial charge in [0, 0.05) is 57.2 Å². The number of rotatable bonds is 8. The molecule has 166 valence electrons. The average molecular weight is 517 g/mol. The fraction of sp³-hybridized carbons (Fsp3) is 0.818. The standard InChI is InChI=1S/C22H40N6.HI/c1-3-23-22(25-13-7-8-15-27-18-14-24-19(27)2)26-20-11-16-28(17-12-20)21-9-5-4-6-10-21;/h14,18,20-21H,3-13,15-17H2,1-2H3,(H2,23,25,26);1H. The van der Waals surface area contributed by atoms with E-state index in [0.717, 1.165) is 50.3 Å². The summed E-state index contributed by atoms with van der Waals surface area (Å²) in [6, 6.07) is 1.42. The summed E-state index contributed by atoms with van der Waals surface area (Å²) in [5, 5.41) is 7.12. The molecule has 7 heteroatoms. The molecule has 1 saturated carbocycles. The van der Waals surface area contributed by atoms with Crippen LogP contribution in [0.25, 0.3) is 0 Å². The smallest absolute Gasteiger partial charge is 0.191 e. The van der Waals surface area contributed by atoms with Crippen LogP contribution in [0.4, 0.5) is 0 Å². The van der Waals surface area contributed by atoms with Crippen molar-refractivity contribution < 1.29 is 0 Å². The van der Waals surface area contributed by atoms with Crippen molar-refractivity contribution >= 4 is 29.9 Å². The fourth-order valence-corrected chi connectivity index (χ4v) is 4.59. The zero-order valence-corrected chi connectivity index (χ0v) is 20.7. The Labute approximate surface area is 194 Å². The van der Waals surface area contributed by atoms with Gasteiger partial charge in [-0.05, 0) is 52.4 Å². The van der Waals surface area contributed by atoms with Crippen molar-refractivity contribution in [3.63, 3.8) is 0 Å². The molecule has 2 aliphatic rings. The van der Waals surface area contributed by atoms with Gasteiger partial charge in [0.25, 0.3) is 0 Å². The highest BCUT2D eigenvalue weighted by molar-refractivity contribution is 14.0. The number of aromatic nitrogens is 2. The van der Waals surface area contributed by atoms with Crippen molar-refractivity contribution in [2.75, 3.05) is 26.2 Å². The van der Waals surface area contributed by atoms with E-state index in [1.165, 1.54) is 58.0 Å². The van der Waals surface area contributed by atoms with Crippen molar-refractivity contribution in [2.24, 2.45) is 4.99 Å². The number of hydrogen-bond acceptors (Lipinski definition) is 3. The molecular weight excluding hydrogens is 475 g/mol. The maximum absolute atomic E-state index is 4.81. The summed E-state index contributed by atoms with van der Waals surface area (Å²) in [5.74, 6) is 2.09. The first-order valence-corrected chi connectivity index (χ1v) is 11.5. The Kier molecular flexibility index (Phi) is 11.4. The molecule has 2 heterocycles. The van der Waals surface area contributed by atoms with Gasteiger partial charge in [0.1, 0.15) is 5.82 Å². The minimum Gasteiger partial charge on any atom is -0.357 e. The highest BCUT2D eigenvalue weighted by Gasteiger charge is 2.26. The van der Waals surface area contributed by atoms with Gasteiger partial charge in [-0.15, -0.1) is 24.0 Å². The lowest BCUT2D eigenvalue weighted by atomic mass is 9.92. The molecule has 1 aromatic rings. The van der Waals surface area contributed by atoms with Crippen molar-refractivity contribution in [1.29, 1.82) is 0 Å². The van der Waals surface area contributed by atoms with Crippen molar-refractivity contribution in [3.05, 3.63) is 18.2 Å². The molecule has 1 aliphatic carbocycles. The van der Waals surface area contributed by atoms with Crippen molar-refractivity contribution in [2.45, 2.75) is 90.3 Å². The lowest BCUT2D eigenvalue weighted by Gasteiger charge is -2.39. The highest BCUT2D eigenvalue weighted by Crippen LogP contribution is 2.25. The van der Waals surface area contributed by atoms with Gasteiger partial charge < -0.3 is 20.1 Å². The maximum atomic E-state index is 4.81. The third kappa shape index (κ3) is 8.07. The molecule has 1 saturated heterocycles.